The Kier molecular flexibility index (Phi) is 3.70. The molecule has 0 fully saturated rings. The molecule has 7 heteroatoms. The summed E-state index contributed by atoms with van der Waals surface area (Å²) in [6.45, 7) is 0. The third-order valence-corrected chi connectivity index (χ3v) is 5.14. The van der Waals surface area contributed by atoms with Gasteiger partial charge in [0.1, 0.15) is 16.4 Å². The Bertz CT molecular complexity index is 638. The quantitative estimate of drug-likeness (QED) is 0.907. The van der Waals surface area contributed by atoms with Crippen LogP contribution in [-0.4, -0.2) is 25.3 Å². The van der Waals surface area contributed by atoms with Gasteiger partial charge in [0.15, 0.2) is 0 Å². The fourth-order valence-electron chi connectivity index (χ4n) is 1.60. The predicted octanol–water partition coefficient (Wildman–Crippen LogP) is 4.03. The molecular weight excluding hydrogens is 344 g/mol. The highest BCUT2D eigenvalue weighted by Crippen LogP contribution is 2.47. The van der Waals surface area contributed by atoms with Crippen LogP contribution < -0.4 is 9.47 Å². The van der Waals surface area contributed by atoms with Crippen molar-refractivity contribution in [3.63, 3.8) is 0 Å². The number of fused-ring (bicyclic) bond motifs is 1. The van der Waals surface area contributed by atoms with Crippen LogP contribution in [0, 0.1) is 0 Å². The third kappa shape index (κ3) is 1.94. The molecule has 0 spiro atoms. The third-order valence-electron chi connectivity index (χ3n) is 2.41. The van der Waals surface area contributed by atoms with Gasteiger partial charge in [0, 0.05) is 6.07 Å². The molecule has 0 aliphatic carbocycles. The molecule has 1 aromatic heterocycles. The van der Waals surface area contributed by atoms with Crippen LogP contribution in [0.4, 0.5) is 0 Å². The number of aromatic carboxylic acids is 1. The summed E-state index contributed by atoms with van der Waals surface area (Å²) in [5.41, 5.74) is 0. The van der Waals surface area contributed by atoms with Gasteiger partial charge in [-0.2, -0.15) is 0 Å². The molecule has 0 aliphatic heterocycles. The van der Waals surface area contributed by atoms with Crippen LogP contribution >= 0.6 is 38.9 Å². The van der Waals surface area contributed by atoms with Crippen LogP contribution in [0.3, 0.4) is 0 Å². The Balaban J connectivity index is 2.91. The number of methoxy groups -OCH3 is 2. The van der Waals surface area contributed by atoms with E-state index in [1.54, 1.807) is 6.07 Å². The van der Waals surface area contributed by atoms with Gasteiger partial charge in [-0.1, -0.05) is 11.6 Å². The lowest BCUT2D eigenvalue weighted by atomic mass is 10.2. The minimum Gasteiger partial charge on any atom is -0.496 e. The zero-order valence-electron chi connectivity index (χ0n) is 9.41. The predicted molar refractivity (Wildman–Crippen MR) is 74.6 cm³/mol. The van der Waals surface area contributed by atoms with Crippen molar-refractivity contribution in [1.29, 1.82) is 0 Å². The monoisotopic (exact) mass is 350 g/mol. The highest BCUT2D eigenvalue weighted by atomic mass is 79.9. The number of carboxylic acid groups (broad SMARTS) is 1. The van der Waals surface area contributed by atoms with E-state index < -0.39 is 5.97 Å². The average Bonchev–Trinajstić information content (AvgIpc) is 2.69. The summed E-state index contributed by atoms with van der Waals surface area (Å²) in [5, 5.41) is 9.85. The van der Waals surface area contributed by atoms with E-state index in [9.17, 15) is 4.79 Å². The van der Waals surface area contributed by atoms with Crippen LogP contribution in [0.5, 0.6) is 11.5 Å². The molecule has 2 aromatic rings. The molecule has 0 radical (unpaired) electrons. The number of ether oxygens (including phenoxy) is 2. The molecule has 2 rings (SSSR count). The van der Waals surface area contributed by atoms with Crippen LogP contribution in [0.15, 0.2) is 10.5 Å². The largest absolute Gasteiger partial charge is 0.496 e. The Morgan fingerprint density at radius 2 is 2.00 bits per heavy atom. The van der Waals surface area contributed by atoms with Gasteiger partial charge in [-0.05, 0) is 15.9 Å². The topological polar surface area (TPSA) is 55.8 Å². The van der Waals surface area contributed by atoms with Gasteiger partial charge in [0.05, 0.1) is 33.8 Å². The summed E-state index contributed by atoms with van der Waals surface area (Å²) in [5.74, 6) is -0.0119. The van der Waals surface area contributed by atoms with E-state index in [2.05, 4.69) is 15.9 Å². The molecule has 4 nitrogen and oxygen atoms in total. The van der Waals surface area contributed by atoms with E-state index in [1.165, 1.54) is 14.2 Å². The second-order valence-electron chi connectivity index (χ2n) is 3.35. The maximum absolute atomic E-state index is 11.1. The number of thiophene rings is 1. The first-order chi connectivity index (χ1) is 8.51. The van der Waals surface area contributed by atoms with Crippen molar-refractivity contribution in [2.24, 2.45) is 0 Å². The van der Waals surface area contributed by atoms with Crippen LogP contribution in [0.1, 0.15) is 9.67 Å². The molecule has 18 heavy (non-hydrogen) atoms. The molecule has 0 unspecified atom stereocenters. The van der Waals surface area contributed by atoms with Crippen molar-refractivity contribution in [3.8, 4) is 11.5 Å². The summed E-state index contributed by atoms with van der Waals surface area (Å²) < 4.78 is 11.8. The molecule has 1 aromatic carbocycles. The van der Waals surface area contributed by atoms with E-state index in [4.69, 9.17) is 26.2 Å². The van der Waals surface area contributed by atoms with Gasteiger partial charge in [0.2, 0.25) is 0 Å². The molecule has 0 atom stereocenters. The van der Waals surface area contributed by atoms with Crippen LogP contribution in [0.25, 0.3) is 10.1 Å². The highest BCUT2D eigenvalue weighted by molar-refractivity contribution is 9.10. The number of rotatable bonds is 3. The van der Waals surface area contributed by atoms with Crippen LogP contribution in [0.2, 0.25) is 5.02 Å². The van der Waals surface area contributed by atoms with Crippen LogP contribution in [-0.2, 0) is 0 Å². The molecule has 96 valence electrons. The minimum atomic E-state index is -1.06. The minimum absolute atomic E-state index is 0.0823. The first-order valence-electron chi connectivity index (χ1n) is 4.77. The van der Waals surface area contributed by atoms with E-state index >= 15 is 0 Å². The fraction of sp³-hybridized carbons (Fsp3) is 0.182. The smallest absolute Gasteiger partial charge is 0.347 e. The van der Waals surface area contributed by atoms with Crippen molar-refractivity contribution >= 4 is 54.9 Å². The number of hydrogen-bond acceptors (Lipinski definition) is 4. The lowest BCUT2D eigenvalue weighted by molar-refractivity contribution is 0.0702. The molecule has 0 amide bonds. The summed E-state index contributed by atoms with van der Waals surface area (Å²) in [6.07, 6.45) is 0. The van der Waals surface area contributed by atoms with Crippen molar-refractivity contribution in [3.05, 3.63) is 20.4 Å². The Hall–Kier alpha value is -0.980. The molecule has 0 saturated heterocycles. The average molecular weight is 352 g/mol. The maximum Gasteiger partial charge on any atom is 0.347 e. The lowest BCUT2D eigenvalue weighted by Crippen LogP contribution is -1.92. The number of benzene rings is 1. The summed E-state index contributed by atoms with van der Waals surface area (Å²) >= 11 is 10.6. The fourth-order valence-corrected chi connectivity index (χ4v) is 3.73. The lowest BCUT2D eigenvalue weighted by Gasteiger charge is -2.08. The molecule has 0 saturated carbocycles. The molecule has 1 heterocycles. The summed E-state index contributed by atoms with van der Waals surface area (Å²) in [4.78, 5) is 11.2. The van der Waals surface area contributed by atoms with Gasteiger partial charge in [0.25, 0.3) is 0 Å². The second-order valence-corrected chi connectivity index (χ2v) is 5.54. The SMILES string of the molecule is COc1cc(OC)c2c(Cl)c(C(=O)O)sc2c1Br. The summed E-state index contributed by atoms with van der Waals surface area (Å²) in [6, 6.07) is 1.66. The maximum atomic E-state index is 11.1. The molecule has 0 aliphatic rings. The van der Waals surface area contributed by atoms with Crippen molar-refractivity contribution in [1.82, 2.24) is 0 Å². The number of halogens is 2. The van der Waals surface area contributed by atoms with E-state index in [1.807, 2.05) is 0 Å². The highest BCUT2D eigenvalue weighted by Gasteiger charge is 2.23. The van der Waals surface area contributed by atoms with Gasteiger partial charge in [-0.25, -0.2) is 4.79 Å². The Morgan fingerprint density at radius 1 is 1.39 bits per heavy atom. The van der Waals surface area contributed by atoms with Crippen molar-refractivity contribution in [2.75, 3.05) is 14.2 Å². The molecular formula is C11H8BrClO4S. The van der Waals surface area contributed by atoms with E-state index in [-0.39, 0.29) is 9.90 Å². The van der Waals surface area contributed by atoms with Gasteiger partial charge >= 0.3 is 5.97 Å². The van der Waals surface area contributed by atoms with E-state index in [0.717, 1.165) is 11.3 Å². The first-order valence-corrected chi connectivity index (χ1v) is 6.75. The van der Waals surface area contributed by atoms with Gasteiger partial charge in [-0.3, -0.25) is 0 Å². The molecule has 1 N–H and O–H groups in total. The first kappa shape index (κ1) is 13.5. The zero-order chi connectivity index (χ0) is 13.4. The number of carbonyl (C=O) groups is 1. The number of hydrogen-bond donors (Lipinski definition) is 1. The van der Waals surface area contributed by atoms with Crippen molar-refractivity contribution < 1.29 is 19.4 Å². The van der Waals surface area contributed by atoms with Gasteiger partial charge in [-0.15, -0.1) is 11.3 Å². The zero-order valence-corrected chi connectivity index (χ0v) is 12.6. The Labute approximate surface area is 120 Å². The standard InChI is InChI=1S/C11H8BrClO4S/c1-16-4-3-5(17-2)7(12)9-6(4)8(13)10(18-9)11(14)15/h3H,1-2H3,(H,14,15). The van der Waals surface area contributed by atoms with Crippen molar-refractivity contribution in [2.45, 2.75) is 0 Å². The molecule has 0 bridgehead atoms. The number of carboxylic acids is 1. The normalized spacial score (nSPS) is 10.7. The summed E-state index contributed by atoms with van der Waals surface area (Å²) in [7, 11) is 3.02. The Morgan fingerprint density at radius 3 is 2.50 bits per heavy atom. The van der Waals surface area contributed by atoms with Gasteiger partial charge < -0.3 is 14.6 Å². The second kappa shape index (κ2) is 4.95. The van der Waals surface area contributed by atoms with E-state index in [0.29, 0.717) is 26.1 Å².